The van der Waals surface area contributed by atoms with Crippen LogP contribution in [0.1, 0.15) is 25.8 Å². The summed E-state index contributed by atoms with van der Waals surface area (Å²) in [5, 5.41) is 11.4. The molecule has 1 aliphatic rings. The fourth-order valence-electron chi connectivity index (χ4n) is 2.88. The van der Waals surface area contributed by atoms with E-state index in [0.717, 1.165) is 16.0 Å². The van der Waals surface area contributed by atoms with Gasteiger partial charge in [0.05, 0.1) is 11.6 Å². The minimum Gasteiger partial charge on any atom is -0.425 e. The van der Waals surface area contributed by atoms with E-state index in [4.69, 9.17) is 10.00 Å². The molecule has 7 nitrogen and oxygen atoms in total. The summed E-state index contributed by atoms with van der Waals surface area (Å²) in [5.41, 5.74) is 1.42. The molecule has 28 heavy (non-hydrogen) atoms. The van der Waals surface area contributed by atoms with Crippen molar-refractivity contribution in [2.45, 2.75) is 25.8 Å². The monoisotopic (exact) mass is 377 g/mol. The number of hydrogen-bond acceptors (Lipinski definition) is 5. The Morgan fingerprint density at radius 2 is 1.68 bits per heavy atom. The number of benzene rings is 2. The SMILES string of the molecule is CC[C@]1(C)NC(=O)N(CC(=O)Oc2ccc(-c3ccc(C#N)cc3)cc2)C1=O. The highest BCUT2D eigenvalue weighted by Gasteiger charge is 2.47. The van der Waals surface area contributed by atoms with Gasteiger partial charge in [0.2, 0.25) is 0 Å². The van der Waals surface area contributed by atoms with E-state index in [1.54, 1.807) is 50.2 Å². The molecule has 7 heteroatoms. The molecular formula is C21H19N3O4. The fourth-order valence-corrected chi connectivity index (χ4v) is 2.88. The second kappa shape index (κ2) is 7.53. The van der Waals surface area contributed by atoms with Crippen molar-refractivity contribution in [1.82, 2.24) is 10.2 Å². The van der Waals surface area contributed by atoms with Gasteiger partial charge in [-0.2, -0.15) is 5.26 Å². The van der Waals surface area contributed by atoms with Gasteiger partial charge in [0.1, 0.15) is 17.8 Å². The molecule has 0 aliphatic carbocycles. The highest BCUT2D eigenvalue weighted by Crippen LogP contribution is 2.24. The summed E-state index contributed by atoms with van der Waals surface area (Å²) in [6.45, 7) is 2.97. The predicted molar refractivity (Wildman–Crippen MR) is 101 cm³/mol. The molecule has 1 fully saturated rings. The van der Waals surface area contributed by atoms with Crippen molar-refractivity contribution in [2.75, 3.05) is 6.54 Å². The van der Waals surface area contributed by atoms with Gasteiger partial charge in [-0.05, 0) is 48.7 Å². The molecule has 0 unspecified atom stereocenters. The Bertz CT molecular complexity index is 961. The summed E-state index contributed by atoms with van der Waals surface area (Å²) in [6, 6.07) is 15.4. The quantitative estimate of drug-likeness (QED) is 0.491. The number of carbonyl (C=O) groups is 3. The average molecular weight is 377 g/mol. The van der Waals surface area contributed by atoms with Crippen LogP contribution in [-0.4, -0.2) is 34.9 Å². The number of urea groups is 1. The van der Waals surface area contributed by atoms with Gasteiger partial charge >= 0.3 is 12.0 Å². The Morgan fingerprint density at radius 1 is 1.11 bits per heavy atom. The lowest BCUT2D eigenvalue weighted by molar-refractivity contribution is -0.140. The number of nitrogens with one attached hydrogen (secondary N) is 1. The summed E-state index contributed by atoms with van der Waals surface area (Å²) in [7, 11) is 0. The zero-order valence-electron chi connectivity index (χ0n) is 15.6. The molecule has 1 saturated heterocycles. The first-order chi connectivity index (χ1) is 13.4. The number of rotatable bonds is 5. The van der Waals surface area contributed by atoms with E-state index in [1.807, 2.05) is 12.1 Å². The molecule has 3 rings (SSSR count). The van der Waals surface area contributed by atoms with Gasteiger partial charge < -0.3 is 10.1 Å². The van der Waals surface area contributed by atoms with Crippen molar-refractivity contribution in [3.63, 3.8) is 0 Å². The van der Waals surface area contributed by atoms with Crippen LogP contribution in [0.3, 0.4) is 0 Å². The number of nitrogens with zero attached hydrogens (tertiary/aromatic N) is 2. The summed E-state index contributed by atoms with van der Waals surface area (Å²) in [6.07, 6.45) is 0.430. The number of ether oxygens (including phenoxy) is 1. The van der Waals surface area contributed by atoms with Crippen molar-refractivity contribution in [2.24, 2.45) is 0 Å². The number of carbonyl (C=O) groups excluding carboxylic acids is 3. The molecule has 0 aromatic heterocycles. The zero-order valence-corrected chi connectivity index (χ0v) is 15.6. The summed E-state index contributed by atoms with van der Waals surface area (Å²) >= 11 is 0. The highest BCUT2D eigenvalue weighted by atomic mass is 16.5. The first-order valence-corrected chi connectivity index (χ1v) is 8.81. The van der Waals surface area contributed by atoms with E-state index in [2.05, 4.69) is 11.4 Å². The predicted octanol–water partition coefficient (Wildman–Crippen LogP) is 2.85. The van der Waals surface area contributed by atoms with Crippen molar-refractivity contribution in [3.8, 4) is 22.9 Å². The largest absolute Gasteiger partial charge is 0.425 e. The molecule has 1 N–H and O–H groups in total. The smallest absolute Gasteiger partial charge is 0.331 e. The maximum Gasteiger partial charge on any atom is 0.331 e. The Morgan fingerprint density at radius 3 is 2.18 bits per heavy atom. The third-order valence-corrected chi connectivity index (χ3v) is 4.77. The van der Waals surface area contributed by atoms with Crippen LogP contribution >= 0.6 is 0 Å². The Labute approximate surface area is 162 Å². The third-order valence-electron chi connectivity index (χ3n) is 4.77. The third kappa shape index (κ3) is 3.71. The van der Waals surface area contributed by atoms with Gasteiger partial charge in [0.25, 0.3) is 5.91 Å². The zero-order chi connectivity index (χ0) is 20.3. The molecule has 1 atom stereocenters. The van der Waals surface area contributed by atoms with Gasteiger partial charge in [-0.3, -0.25) is 9.69 Å². The van der Waals surface area contributed by atoms with Crippen molar-refractivity contribution < 1.29 is 19.1 Å². The van der Waals surface area contributed by atoms with Crippen LogP contribution in [0.4, 0.5) is 4.79 Å². The van der Waals surface area contributed by atoms with E-state index >= 15 is 0 Å². The minimum atomic E-state index is -0.986. The van der Waals surface area contributed by atoms with E-state index in [-0.39, 0.29) is 0 Å². The summed E-state index contributed by atoms with van der Waals surface area (Å²) < 4.78 is 5.25. The number of amides is 3. The van der Waals surface area contributed by atoms with Crippen LogP contribution in [0.5, 0.6) is 5.75 Å². The van der Waals surface area contributed by atoms with E-state index in [1.165, 1.54) is 0 Å². The van der Waals surface area contributed by atoms with Crippen LogP contribution < -0.4 is 10.1 Å². The van der Waals surface area contributed by atoms with Gasteiger partial charge in [0.15, 0.2) is 0 Å². The second-order valence-electron chi connectivity index (χ2n) is 6.69. The molecule has 1 heterocycles. The van der Waals surface area contributed by atoms with Crippen LogP contribution in [0.2, 0.25) is 0 Å². The molecule has 2 aromatic carbocycles. The number of imide groups is 1. The lowest BCUT2D eigenvalue weighted by Crippen LogP contribution is -2.43. The molecule has 0 radical (unpaired) electrons. The lowest BCUT2D eigenvalue weighted by Gasteiger charge is -2.18. The highest BCUT2D eigenvalue weighted by molar-refractivity contribution is 6.08. The van der Waals surface area contributed by atoms with Gasteiger partial charge in [-0.1, -0.05) is 31.2 Å². The first kappa shape index (κ1) is 19.1. The van der Waals surface area contributed by atoms with Crippen molar-refractivity contribution in [1.29, 1.82) is 5.26 Å². The molecule has 0 spiro atoms. The maximum atomic E-state index is 12.3. The number of esters is 1. The lowest BCUT2D eigenvalue weighted by atomic mass is 9.99. The topological polar surface area (TPSA) is 99.5 Å². The van der Waals surface area contributed by atoms with Gasteiger partial charge in [-0.25, -0.2) is 9.59 Å². The van der Waals surface area contributed by atoms with E-state index < -0.39 is 30.0 Å². The number of hydrogen-bond donors (Lipinski definition) is 1. The second-order valence-corrected chi connectivity index (χ2v) is 6.69. The molecular weight excluding hydrogens is 358 g/mol. The molecule has 0 saturated carbocycles. The van der Waals surface area contributed by atoms with Crippen LogP contribution in [0, 0.1) is 11.3 Å². The maximum absolute atomic E-state index is 12.3. The molecule has 142 valence electrons. The minimum absolute atomic E-state index is 0.313. The van der Waals surface area contributed by atoms with E-state index in [9.17, 15) is 14.4 Å². The fraction of sp³-hybridized carbons (Fsp3) is 0.238. The van der Waals surface area contributed by atoms with Gasteiger partial charge in [-0.15, -0.1) is 0 Å². The molecule has 2 aromatic rings. The van der Waals surface area contributed by atoms with Gasteiger partial charge in [0, 0.05) is 0 Å². The van der Waals surface area contributed by atoms with Crippen LogP contribution in [-0.2, 0) is 9.59 Å². The molecule has 1 aliphatic heterocycles. The molecule has 3 amide bonds. The molecule has 0 bridgehead atoms. The van der Waals surface area contributed by atoms with Crippen molar-refractivity contribution >= 4 is 17.9 Å². The van der Waals surface area contributed by atoms with Crippen LogP contribution in [0.15, 0.2) is 48.5 Å². The average Bonchev–Trinajstić information content (AvgIpc) is 2.92. The summed E-state index contributed by atoms with van der Waals surface area (Å²) in [4.78, 5) is 37.3. The first-order valence-electron chi connectivity index (χ1n) is 8.81. The normalized spacial score (nSPS) is 18.5. The van der Waals surface area contributed by atoms with E-state index in [0.29, 0.717) is 17.7 Å². The standard InChI is InChI=1S/C21H19N3O4/c1-3-21(2)19(26)24(20(27)23-21)13-18(25)28-17-10-8-16(9-11-17)15-6-4-14(12-22)5-7-15/h4-11H,3,13H2,1-2H3,(H,23,27)/t21-/m0/s1. The summed E-state index contributed by atoms with van der Waals surface area (Å²) in [5.74, 6) is -0.823. The number of nitriles is 1. The Balaban J connectivity index is 1.64. The Hall–Kier alpha value is -3.66. The Kier molecular flexibility index (Phi) is 5.14. The van der Waals surface area contributed by atoms with Crippen molar-refractivity contribution in [3.05, 3.63) is 54.1 Å². The van der Waals surface area contributed by atoms with Crippen LogP contribution in [0.25, 0.3) is 11.1 Å².